The van der Waals surface area contributed by atoms with Crippen LogP contribution < -0.4 is 9.47 Å². The number of likely N-dealkylation sites (N-methyl/N-ethyl adjacent to an activating group) is 1. The van der Waals surface area contributed by atoms with E-state index in [0.29, 0.717) is 48.2 Å². The minimum Gasteiger partial charge on any atom is -0.503 e. The number of ether oxygens (including phenoxy) is 2. The molecule has 0 saturated heterocycles. The van der Waals surface area contributed by atoms with Gasteiger partial charge in [0.25, 0.3) is 5.91 Å². The molecule has 0 spiro atoms. The average molecular weight is 459 g/mol. The molecule has 1 aliphatic rings. The number of aliphatic hydroxyl groups is 1. The summed E-state index contributed by atoms with van der Waals surface area (Å²) in [5, 5.41) is 12.5. The number of nitrogens with zero attached hydrogens (tertiary/aromatic N) is 2. The van der Waals surface area contributed by atoms with Crippen molar-refractivity contribution in [3.8, 4) is 11.5 Å². The lowest BCUT2D eigenvalue weighted by molar-refractivity contribution is -0.129. The molecule has 7 nitrogen and oxygen atoms in total. The lowest BCUT2D eigenvalue weighted by atomic mass is 9.95. The first-order chi connectivity index (χ1) is 15.4. The number of Topliss-reactive ketones (excluding diaryl/α,β-unsaturated/α-hetero) is 1. The van der Waals surface area contributed by atoms with Crippen LogP contribution in [0.2, 0.25) is 0 Å². The van der Waals surface area contributed by atoms with E-state index in [1.54, 1.807) is 34.5 Å². The second-order valence-corrected chi connectivity index (χ2v) is 8.71. The maximum absolute atomic E-state index is 13.3. The molecule has 1 aliphatic heterocycles. The molecular weight excluding hydrogens is 428 g/mol. The quantitative estimate of drug-likeness (QED) is 0.511. The van der Waals surface area contributed by atoms with Crippen molar-refractivity contribution in [3.05, 3.63) is 57.5 Å². The summed E-state index contributed by atoms with van der Waals surface area (Å²) in [7, 11) is 3.82. The zero-order valence-electron chi connectivity index (χ0n) is 19.0. The fraction of sp³-hybridized carbons (Fsp3) is 0.417. The normalized spacial score (nSPS) is 16.2. The minimum absolute atomic E-state index is 0.0980. The van der Waals surface area contributed by atoms with Crippen LogP contribution in [0.1, 0.15) is 41.5 Å². The van der Waals surface area contributed by atoms with Gasteiger partial charge in [-0.1, -0.05) is 19.1 Å². The summed E-state index contributed by atoms with van der Waals surface area (Å²) in [6, 6.07) is 8.19. The van der Waals surface area contributed by atoms with Gasteiger partial charge < -0.3 is 24.4 Å². The van der Waals surface area contributed by atoms with Crippen LogP contribution >= 0.6 is 11.3 Å². The highest BCUT2D eigenvalue weighted by Gasteiger charge is 2.44. The summed E-state index contributed by atoms with van der Waals surface area (Å²) in [5.41, 5.74) is 0.786. The molecule has 1 unspecified atom stereocenters. The van der Waals surface area contributed by atoms with Gasteiger partial charge in [0.15, 0.2) is 17.3 Å². The van der Waals surface area contributed by atoms with Crippen molar-refractivity contribution < 1.29 is 24.2 Å². The fourth-order valence-electron chi connectivity index (χ4n) is 3.61. The molecular formula is C24H30N2O5S. The van der Waals surface area contributed by atoms with Crippen LogP contribution in [0, 0.1) is 0 Å². The second kappa shape index (κ2) is 10.7. The minimum atomic E-state index is -0.712. The van der Waals surface area contributed by atoms with E-state index in [4.69, 9.17) is 9.47 Å². The molecule has 1 aromatic carbocycles. The van der Waals surface area contributed by atoms with Crippen molar-refractivity contribution in [3.63, 3.8) is 0 Å². The van der Waals surface area contributed by atoms with E-state index >= 15 is 0 Å². The predicted octanol–water partition coefficient (Wildman–Crippen LogP) is 4.08. The number of carbonyl (C=O) groups excluding carboxylic acids is 2. The number of aliphatic hydroxyl groups excluding tert-OH is 1. The molecule has 0 fully saturated rings. The molecule has 2 aromatic rings. The van der Waals surface area contributed by atoms with Crippen LogP contribution in [0.15, 0.2) is 47.0 Å². The zero-order valence-corrected chi connectivity index (χ0v) is 19.8. The largest absolute Gasteiger partial charge is 0.503 e. The van der Waals surface area contributed by atoms with Crippen molar-refractivity contribution in [1.82, 2.24) is 9.80 Å². The lowest BCUT2D eigenvalue weighted by Crippen LogP contribution is -2.36. The summed E-state index contributed by atoms with van der Waals surface area (Å²) in [6.45, 7) is 5.86. The maximum atomic E-state index is 13.3. The van der Waals surface area contributed by atoms with Gasteiger partial charge in [-0.25, -0.2) is 0 Å². The molecule has 0 saturated carbocycles. The smallest absolute Gasteiger partial charge is 0.290 e. The van der Waals surface area contributed by atoms with Crippen LogP contribution in [0.4, 0.5) is 0 Å². The lowest BCUT2D eigenvalue weighted by Gasteiger charge is -2.28. The topological polar surface area (TPSA) is 79.3 Å². The maximum Gasteiger partial charge on any atom is 0.290 e. The Labute approximate surface area is 192 Å². The van der Waals surface area contributed by atoms with Gasteiger partial charge in [-0.15, -0.1) is 11.3 Å². The van der Waals surface area contributed by atoms with Gasteiger partial charge in [-0.2, -0.15) is 0 Å². The summed E-state index contributed by atoms with van der Waals surface area (Å²) >= 11 is 1.28. The number of rotatable bonds is 11. The van der Waals surface area contributed by atoms with E-state index in [9.17, 15) is 14.7 Å². The number of benzene rings is 1. The predicted molar refractivity (Wildman–Crippen MR) is 125 cm³/mol. The summed E-state index contributed by atoms with van der Waals surface area (Å²) in [5.74, 6) is -0.210. The van der Waals surface area contributed by atoms with E-state index < -0.39 is 17.7 Å². The number of amides is 1. The molecule has 0 bridgehead atoms. The molecule has 0 aliphatic carbocycles. The summed E-state index contributed by atoms with van der Waals surface area (Å²) in [4.78, 5) is 30.3. The molecule has 172 valence electrons. The van der Waals surface area contributed by atoms with E-state index in [1.807, 2.05) is 38.9 Å². The van der Waals surface area contributed by atoms with Crippen molar-refractivity contribution in [2.24, 2.45) is 0 Å². The van der Waals surface area contributed by atoms with Crippen molar-refractivity contribution in [1.29, 1.82) is 0 Å². The van der Waals surface area contributed by atoms with Gasteiger partial charge in [-0.3, -0.25) is 9.59 Å². The SMILES string of the molecule is CCCOc1ccc(C2C(C(=O)c3cccs3)=C(O)C(=O)N2CCN(C)C)cc1OCC. The molecule has 0 radical (unpaired) electrons. The Balaban J connectivity index is 2.07. The Morgan fingerprint density at radius 2 is 1.97 bits per heavy atom. The molecule has 1 atom stereocenters. The van der Waals surface area contributed by atoms with Crippen LogP contribution in [0.25, 0.3) is 0 Å². The number of thiophene rings is 1. The van der Waals surface area contributed by atoms with E-state index in [0.717, 1.165) is 6.42 Å². The third kappa shape index (κ3) is 4.97. The molecule has 1 N–H and O–H groups in total. The Bertz CT molecular complexity index is 984. The van der Waals surface area contributed by atoms with Gasteiger partial charge in [0.1, 0.15) is 0 Å². The highest BCUT2D eigenvalue weighted by atomic mass is 32.1. The third-order valence-corrected chi connectivity index (χ3v) is 6.00. The van der Waals surface area contributed by atoms with Gasteiger partial charge in [0, 0.05) is 13.1 Å². The zero-order chi connectivity index (χ0) is 23.3. The van der Waals surface area contributed by atoms with Crippen LogP contribution in [-0.2, 0) is 4.79 Å². The molecule has 32 heavy (non-hydrogen) atoms. The highest BCUT2D eigenvalue weighted by molar-refractivity contribution is 7.12. The Kier molecular flexibility index (Phi) is 7.93. The van der Waals surface area contributed by atoms with Crippen LogP contribution in [0.3, 0.4) is 0 Å². The average Bonchev–Trinajstić information content (AvgIpc) is 3.39. The number of hydrogen-bond donors (Lipinski definition) is 1. The van der Waals surface area contributed by atoms with Crippen molar-refractivity contribution >= 4 is 23.0 Å². The highest BCUT2D eigenvalue weighted by Crippen LogP contribution is 2.42. The van der Waals surface area contributed by atoms with Gasteiger partial charge in [0.2, 0.25) is 5.78 Å². The Hall–Kier alpha value is -2.84. The van der Waals surface area contributed by atoms with E-state index in [2.05, 4.69) is 0 Å². The number of carbonyl (C=O) groups is 2. The Morgan fingerprint density at radius 1 is 1.19 bits per heavy atom. The van der Waals surface area contributed by atoms with Gasteiger partial charge in [0.05, 0.1) is 29.7 Å². The molecule has 3 rings (SSSR count). The molecule has 1 aromatic heterocycles. The van der Waals surface area contributed by atoms with Crippen LogP contribution in [-0.4, -0.2) is 67.0 Å². The number of hydrogen-bond acceptors (Lipinski definition) is 7. The standard InChI is InChI=1S/C24H30N2O5S/c1-5-13-31-17-10-9-16(15-18(17)30-6-2)21-20(22(27)19-8-7-14-32-19)23(28)24(29)26(21)12-11-25(3)4/h7-10,14-15,21,28H,5-6,11-13H2,1-4H3. The Morgan fingerprint density at radius 3 is 2.59 bits per heavy atom. The number of ketones is 1. The summed E-state index contributed by atoms with van der Waals surface area (Å²) < 4.78 is 11.6. The van der Waals surface area contributed by atoms with Crippen molar-refractivity contribution in [2.45, 2.75) is 26.3 Å². The molecule has 1 amide bonds. The van der Waals surface area contributed by atoms with E-state index in [-0.39, 0.29) is 11.4 Å². The first-order valence-electron chi connectivity index (χ1n) is 10.8. The first kappa shape index (κ1) is 23.8. The van der Waals surface area contributed by atoms with Gasteiger partial charge in [-0.05, 0) is 56.6 Å². The van der Waals surface area contributed by atoms with Crippen LogP contribution in [0.5, 0.6) is 11.5 Å². The fourth-order valence-corrected chi connectivity index (χ4v) is 4.28. The second-order valence-electron chi connectivity index (χ2n) is 7.76. The molecule has 8 heteroatoms. The van der Waals surface area contributed by atoms with Crippen molar-refractivity contribution in [2.75, 3.05) is 40.4 Å². The third-order valence-electron chi connectivity index (χ3n) is 5.13. The summed E-state index contributed by atoms with van der Waals surface area (Å²) in [6.07, 6.45) is 0.860. The molecule has 2 heterocycles. The monoisotopic (exact) mass is 458 g/mol. The van der Waals surface area contributed by atoms with E-state index in [1.165, 1.54) is 11.3 Å². The first-order valence-corrected chi connectivity index (χ1v) is 11.6. The van der Waals surface area contributed by atoms with Gasteiger partial charge >= 0.3 is 0 Å².